The van der Waals surface area contributed by atoms with Crippen LogP contribution in [0.4, 0.5) is 0 Å². The molecule has 0 fully saturated rings. The molecule has 0 saturated carbocycles. The Bertz CT molecular complexity index is 311. The predicted molar refractivity (Wildman–Crippen MR) is 52.3 cm³/mol. The van der Waals surface area contributed by atoms with Crippen LogP contribution in [0.3, 0.4) is 0 Å². The van der Waals surface area contributed by atoms with E-state index in [1.165, 1.54) is 5.56 Å². The minimum absolute atomic E-state index is 0.358. The van der Waals surface area contributed by atoms with E-state index in [2.05, 4.69) is 0 Å². The summed E-state index contributed by atoms with van der Waals surface area (Å²) in [5.41, 5.74) is 3.28. The van der Waals surface area contributed by atoms with Crippen molar-refractivity contribution in [2.24, 2.45) is 0 Å². The Hall–Kier alpha value is -1.24. The Morgan fingerprint density at radius 2 is 1.92 bits per heavy atom. The van der Waals surface area contributed by atoms with E-state index in [1.807, 2.05) is 39.0 Å². The lowest BCUT2D eigenvalue weighted by atomic mass is 10.0. The fourth-order valence-electron chi connectivity index (χ4n) is 1.20. The van der Waals surface area contributed by atoms with Crippen LogP contribution < -0.4 is 0 Å². The first kappa shape index (κ1) is 8.85. The van der Waals surface area contributed by atoms with E-state index >= 15 is 0 Å². The molecule has 0 amide bonds. The van der Waals surface area contributed by atoms with Gasteiger partial charge in [-0.25, -0.2) is 0 Å². The van der Waals surface area contributed by atoms with Crippen LogP contribution in [-0.2, 0) is 0 Å². The zero-order valence-corrected chi connectivity index (χ0v) is 7.76. The first-order valence-electron chi connectivity index (χ1n) is 4.08. The number of rotatable bonds is 1. The van der Waals surface area contributed by atoms with Gasteiger partial charge in [0, 0.05) is 5.56 Å². The highest BCUT2D eigenvalue weighted by molar-refractivity contribution is 5.61. The van der Waals surface area contributed by atoms with E-state index in [-0.39, 0.29) is 0 Å². The van der Waals surface area contributed by atoms with Crippen molar-refractivity contribution in [1.82, 2.24) is 0 Å². The summed E-state index contributed by atoms with van der Waals surface area (Å²) in [6.45, 7) is 6.01. The number of hydrogen-bond donors (Lipinski definition) is 1. The number of aryl methyl sites for hydroxylation is 1. The number of allylic oxidation sites excluding steroid dienone is 1. The lowest BCUT2D eigenvalue weighted by Gasteiger charge is -2.06. The number of benzene rings is 1. The highest BCUT2D eigenvalue weighted by atomic mass is 16.3. The fraction of sp³-hybridized carbons (Fsp3) is 0.273. The highest BCUT2D eigenvalue weighted by Gasteiger charge is 2.02. The maximum Gasteiger partial charge on any atom is 0.123 e. The van der Waals surface area contributed by atoms with Crippen molar-refractivity contribution in [1.29, 1.82) is 0 Å². The normalized spacial score (nSPS) is 10.9. The zero-order valence-electron chi connectivity index (χ0n) is 7.76. The molecule has 1 nitrogen and oxygen atoms in total. The minimum Gasteiger partial charge on any atom is -0.507 e. The van der Waals surface area contributed by atoms with Crippen LogP contribution in [0.1, 0.15) is 23.6 Å². The summed E-state index contributed by atoms with van der Waals surface area (Å²) in [5, 5.41) is 9.50. The average Bonchev–Trinajstić information content (AvgIpc) is 2.06. The second-order valence-electron chi connectivity index (χ2n) is 2.94. The molecule has 1 heteroatoms. The van der Waals surface area contributed by atoms with Gasteiger partial charge < -0.3 is 5.11 Å². The molecule has 0 unspecified atom stereocenters. The smallest absolute Gasteiger partial charge is 0.123 e. The summed E-state index contributed by atoms with van der Waals surface area (Å²) in [5.74, 6) is 0.358. The average molecular weight is 162 g/mol. The molecule has 64 valence electrons. The Balaban J connectivity index is 3.32. The molecule has 0 aliphatic heterocycles. The minimum atomic E-state index is 0.358. The van der Waals surface area contributed by atoms with E-state index in [4.69, 9.17) is 0 Å². The summed E-state index contributed by atoms with van der Waals surface area (Å²) in [7, 11) is 0. The summed E-state index contributed by atoms with van der Waals surface area (Å²) in [4.78, 5) is 0. The van der Waals surface area contributed by atoms with Gasteiger partial charge >= 0.3 is 0 Å². The third-order valence-electron chi connectivity index (χ3n) is 2.10. The largest absolute Gasteiger partial charge is 0.507 e. The van der Waals surface area contributed by atoms with Crippen LogP contribution in [0, 0.1) is 13.8 Å². The van der Waals surface area contributed by atoms with E-state index in [0.29, 0.717) is 5.75 Å². The Morgan fingerprint density at radius 1 is 1.25 bits per heavy atom. The van der Waals surface area contributed by atoms with Crippen molar-refractivity contribution >= 4 is 6.08 Å². The van der Waals surface area contributed by atoms with Gasteiger partial charge in [0.2, 0.25) is 0 Å². The topological polar surface area (TPSA) is 20.2 Å². The molecule has 0 aromatic heterocycles. The third-order valence-corrected chi connectivity index (χ3v) is 2.10. The van der Waals surface area contributed by atoms with Crippen LogP contribution >= 0.6 is 0 Å². The number of phenols is 1. The van der Waals surface area contributed by atoms with Crippen molar-refractivity contribution in [3.05, 3.63) is 34.9 Å². The van der Waals surface area contributed by atoms with E-state index in [0.717, 1.165) is 11.1 Å². The van der Waals surface area contributed by atoms with Gasteiger partial charge in [0.15, 0.2) is 0 Å². The maximum atomic E-state index is 9.50. The van der Waals surface area contributed by atoms with Crippen molar-refractivity contribution < 1.29 is 5.11 Å². The molecule has 0 saturated heterocycles. The van der Waals surface area contributed by atoms with Crippen LogP contribution in [0.2, 0.25) is 0 Å². The standard InChI is InChI=1S/C11H14O/c1-4-5-10-9(3)8(2)6-7-11(10)12/h4-7,12H,1-3H3. The number of phenolic OH excluding ortho intramolecular Hbond substituents is 1. The maximum absolute atomic E-state index is 9.50. The Labute approximate surface area is 73.4 Å². The molecule has 0 aliphatic carbocycles. The second-order valence-corrected chi connectivity index (χ2v) is 2.94. The Kier molecular flexibility index (Phi) is 2.54. The molecule has 1 N–H and O–H groups in total. The molecule has 1 aromatic carbocycles. The van der Waals surface area contributed by atoms with Crippen LogP contribution in [0.15, 0.2) is 18.2 Å². The van der Waals surface area contributed by atoms with Crippen LogP contribution in [0.5, 0.6) is 5.75 Å². The molecule has 0 atom stereocenters. The molecule has 1 rings (SSSR count). The lowest BCUT2D eigenvalue weighted by molar-refractivity contribution is 0.473. The van der Waals surface area contributed by atoms with Crippen molar-refractivity contribution in [2.75, 3.05) is 0 Å². The molecule has 0 spiro atoms. The monoisotopic (exact) mass is 162 g/mol. The summed E-state index contributed by atoms with van der Waals surface area (Å²) in [6, 6.07) is 3.66. The quantitative estimate of drug-likeness (QED) is 0.673. The molecule has 0 heterocycles. The van der Waals surface area contributed by atoms with Crippen molar-refractivity contribution in [3.8, 4) is 5.75 Å². The SMILES string of the molecule is CC=Cc1c(O)ccc(C)c1C. The molecule has 12 heavy (non-hydrogen) atoms. The number of aromatic hydroxyl groups is 1. The first-order chi connectivity index (χ1) is 5.66. The van der Waals surface area contributed by atoms with Gasteiger partial charge in [-0.2, -0.15) is 0 Å². The molecule has 0 radical (unpaired) electrons. The van der Waals surface area contributed by atoms with Gasteiger partial charge in [-0.3, -0.25) is 0 Å². The van der Waals surface area contributed by atoms with Crippen LogP contribution in [-0.4, -0.2) is 5.11 Å². The molecule has 1 aromatic rings. The fourth-order valence-corrected chi connectivity index (χ4v) is 1.20. The van der Waals surface area contributed by atoms with Gasteiger partial charge in [-0.1, -0.05) is 18.2 Å². The predicted octanol–water partition coefficient (Wildman–Crippen LogP) is 3.04. The zero-order chi connectivity index (χ0) is 9.14. The van der Waals surface area contributed by atoms with E-state index < -0.39 is 0 Å². The van der Waals surface area contributed by atoms with Gasteiger partial charge in [0.1, 0.15) is 5.75 Å². The third kappa shape index (κ3) is 1.50. The first-order valence-corrected chi connectivity index (χ1v) is 4.08. The van der Waals surface area contributed by atoms with E-state index in [1.54, 1.807) is 6.07 Å². The van der Waals surface area contributed by atoms with E-state index in [9.17, 15) is 5.11 Å². The summed E-state index contributed by atoms with van der Waals surface area (Å²) < 4.78 is 0. The van der Waals surface area contributed by atoms with Gasteiger partial charge in [0.05, 0.1) is 0 Å². The van der Waals surface area contributed by atoms with Gasteiger partial charge in [-0.05, 0) is 38.0 Å². The molecular formula is C11H14O. The van der Waals surface area contributed by atoms with Crippen molar-refractivity contribution in [3.63, 3.8) is 0 Å². The van der Waals surface area contributed by atoms with Crippen molar-refractivity contribution in [2.45, 2.75) is 20.8 Å². The molecule has 0 bridgehead atoms. The summed E-state index contributed by atoms with van der Waals surface area (Å²) in [6.07, 6.45) is 3.86. The summed E-state index contributed by atoms with van der Waals surface area (Å²) >= 11 is 0. The Morgan fingerprint density at radius 3 is 2.50 bits per heavy atom. The second kappa shape index (κ2) is 3.44. The molecule has 0 aliphatic rings. The van der Waals surface area contributed by atoms with Gasteiger partial charge in [-0.15, -0.1) is 0 Å². The van der Waals surface area contributed by atoms with Crippen LogP contribution in [0.25, 0.3) is 6.08 Å². The molecular weight excluding hydrogens is 148 g/mol. The van der Waals surface area contributed by atoms with Gasteiger partial charge in [0.25, 0.3) is 0 Å². The number of hydrogen-bond acceptors (Lipinski definition) is 1. The lowest BCUT2D eigenvalue weighted by Crippen LogP contribution is -1.85. The highest BCUT2D eigenvalue weighted by Crippen LogP contribution is 2.24.